The molecule has 3 nitrogen and oxygen atoms in total. The number of hydrogen-bond acceptors (Lipinski definition) is 3. The van der Waals surface area contributed by atoms with Crippen LogP contribution in [-0.2, 0) is 4.74 Å². The number of nitrogens with zero attached hydrogens (tertiary/aromatic N) is 1. The molecule has 21 heavy (non-hydrogen) atoms. The SMILES string of the molecule is CCNCC1CCC(CN2CCC(c3ccccc3)C2)O1. The molecule has 1 aromatic rings. The molecule has 0 aromatic heterocycles. The van der Waals surface area contributed by atoms with Crippen molar-refractivity contribution in [3.05, 3.63) is 35.9 Å². The van der Waals surface area contributed by atoms with Gasteiger partial charge in [0.15, 0.2) is 0 Å². The number of nitrogens with one attached hydrogen (secondary N) is 1. The van der Waals surface area contributed by atoms with Gasteiger partial charge in [0.2, 0.25) is 0 Å². The highest BCUT2D eigenvalue weighted by molar-refractivity contribution is 5.21. The van der Waals surface area contributed by atoms with E-state index in [2.05, 4.69) is 47.5 Å². The molecule has 0 bridgehead atoms. The summed E-state index contributed by atoms with van der Waals surface area (Å²) in [5.41, 5.74) is 1.50. The lowest BCUT2D eigenvalue weighted by Gasteiger charge is -2.21. The topological polar surface area (TPSA) is 24.5 Å². The lowest BCUT2D eigenvalue weighted by molar-refractivity contribution is 0.0275. The molecule has 1 aromatic carbocycles. The van der Waals surface area contributed by atoms with E-state index in [4.69, 9.17) is 4.74 Å². The van der Waals surface area contributed by atoms with Crippen LogP contribution >= 0.6 is 0 Å². The lowest BCUT2D eigenvalue weighted by atomic mass is 9.99. The quantitative estimate of drug-likeness (QED) is 0.871. The van der Waals surface area contributed by atoms with Gasteiger partial charge in [-0.2, -0.15) is 0 Å². The molecule has 0 radical (unpaired) electrons. The summed E-state index contributed by atoms with van der Waals surface area (Å²) < 4.78 is 6.16. The summed E-state index contributed by atoms with van der Waals surface area (Å²) in [5.74, 6) is 0.713. The van der Waals surface area contributed by atoms with Crippen molar-refractivity contribution < 1.29 is 4.74 Å². The monoisotopic (exact) mass is 288 g/mol. The Balaban J connectivity index is 1.43. The largest absolute Gasteiger partial charge is 0.372 e. The van der Waals surface area contributed by atoms with Gasteiger partial charge < -0.3 is 15.0 Å². The summed E-state index contributed by atoms with van der Waals surface area (Å²) in [7, 11) is 0. The van der Waals surface area contributed by atoms with Crippen LogP contribution in [0.25, 0.3) is 0 Å². The Morgan fingerprint density at radius 2 is 1.95 bits per heavy atom. The fourth-order valence-electron chi connectivity index (χ4n) is 3.65. The van der Waals surface area contributed by atoms with Crippen molar-refractivity contribution in [3.63, 3.8) is 0 Å². The molecular weight excluding hydrogens is 260 g/mol. The van der Waals surface area contributed by atoms with Crippen molar-refractivity contribution in [2.24, 2.45) is 0 Å². The highest BCUT2D eigenvalue weighted by atomic mass is 16.5. The van der Waals surface area contributed by atoms with E-state index in [9.17, 15) is 0 Å². The molecule has 2 aliphatic rings. The van der Waals surface area contributed by atoms with Crippen LogP contribution in [-0.4, -0.2) is 49.8 Å². The zero-order chi connectivity index (χ0) is 14.5. The summed E-state index contributed by atoms with van der Waals surface area (Å²) >= 11 is 0. The Labute approximate surface area is 128 Å². The Kier molecular flexibility index (Phi) is 5.28. The van der Waals surface area contributed by atoms with Gasteiger partial charge in [0, 0.05) is 19.6 Å². The van der Waals surface area contributed by atoms with Crippen LogP contribution in [0.5, 0.6) is 0 Å². The standard InChI is InChI=1S/C18H28N2O/c1-2-19-12-17-8-9-18(21-17)14-20-11-10-16(13-20)15-6-4-3-5-7-15/h3-7,16-19H,2,8-14H2,1H3. The summed E-state index contributed by atoms with van der Waals surface area (Å²) in [6, 6.07) is 11.0. The van der Waals surface area contributed by atoms with E-state index in [0.717, 1.165) is 19.6 Å². The summed E-state index contributed by atoms with van der Waals surface area (Å²) in [6.45, 7) is 7.74. The normalized spacial score (nSPS) is 30.0. The molecular formula is C18H28N2O. The van der Waals surface area contributed by atoms with Crippen LogP contribution in [0.1, 0.15) is 37.7 Å². The molecule has 2 fully saturated rings. The Morgan fingerprint density at radius 1 is 1.14 bits per heavy atom. The minimum atomic E-state index is 0.433. The van der Waals surface area contributed by atoms with Gasteiger partial charge in [-0.3, -0.25) is 0 Å². The summed E-state index contributed by atoms with van der Waals surface area (Å²) in [4.78, 5) is 2.60. The van der Waals surface area contributed by atoms with Crippen molar-refractivity contribution in [3.8, 4) is 0 Å². The second-order valence-corrected chi connectivity index (χ2v) is 6.42. The average molecular weight is 288 g/mol. The first-order chi connectivity index (χ1) is 10.3. The van der Waals surface area contributed by atoms with E-state index in [0.29, 0.717) is 18.1 Å². The van der Waals surface area contributed by atoms with Crippen molar-refractivity contribution in [2.75, 3.05) is 32.7 Å². The highest BCUT2D eigenvalue weighted by Gasteiger charge is 2.30. The molecule has 0 aliphatic carbocycles. The van der Waals surface area contributed by atoms with E-state index in [1.165, 1.54) is 37.9 Å². The number of hydrogen-bond donors (Lipinski definition) is 1. The van der Waals surface area contributed by atoms with Crippen molar-refractivity contribution in [2.45, 2.75) is 44.3 Å². The first-order valence-corrected chi connectivity index (χ1v) is 8.48. The first kappa shape index (κ1) is 15.0. The van der Waals surface area contributed by atoms with Gasteiger partial charge in [0.25, 0.3) is 0 Å². The molecule has 0 amide bonds. The Bertz CT molecular complexity index is 422. The fourth-order valence-corrected chi connectivity index (χ4v) is 3.65. The predicted molar refractivity (Wildman–Crippen MR) is 86.7 cm³/mol. The van der Waals surface area contributed by atoms with Gasteiger partial charge in [0.1, 0.15) is 0 Å². The number of likely N-dealkylation sites (tertiary alicyclic amines) is 1. The lowest BCUT2D eigenvalue weighted by Crippen LogP contribution is -2.32. The van der Waals surface area contributed by atoms with Crippen LogP contribution in [0, 0.1) is 0 Å². The van der Waals surface area contributed by atoms with Crippen LogP contribution in [0.15, 0.2) is 30.3 Å². The molecule has 3 heteroatoms. The van der Waals surface area contributed by atoms with Gasteiger partial charge in [-0.15, -0.1) is 0 Å². The zero-order valence-corrected chi connectivity index (χ0v) is 13.1. The van der Waals surface area contributed by atoms with Gasteiger partial charge in [0.05, 0.1) is 12.2 Å². The first-order valence-electron chi connectivity index (χ1n) is 8.48. The molecule has 2 saturated heterocycles. The molecule has 0 spiro atoms. The third kappa shape index (κ3) is 4.06. The third-order valence-corrected chi connectivity index (χ3v) is 4.82. The van der Waals surface area contributed by atoms with Crippen molar-refractivity contribution >= 4 is 0 Å². The highest BCUT2D eigenvalue weighted by Crippen LogP contribution is 2.28. The predicted octanol–water partition coefficient (Wildman–Crippen LogP) is 2.63. The smallest absolute Gasteiger partial charge is 0.0707 e. The minimum Gasteiger partial charge on any atom is -0.372 e. The fraction of sp³-hybridized carbons (Fsp3) is 0.667. The number of ether oxygens (including phenoxy) is 1. The molecule has 3 rings (SSSR count). The second kappa shape index (κ2) is 7.39. The molecule has 0 saturated carbocycles. The Morgan fingerprint density at radius 3 is 2.76 bits per heavy atom. The molecule has 3 atom stereocenters. The van der Waals surface area contributed by atoms with Gasteiger partial charge in [-0.1, -0.05) is 37.3 Å². The van der Waals surface area contributed by atoms with Gasteiger partial charge in [-0.25, -0.2) is 0 Å². The average Bonchev–Trinajstić information content (AvgIpc) is 3.16. The van der Waals surface area contributed by atoms with E-state index >= 15 is 0 Å². The maximum Gasteiger partial charge on any atom is 0.0707 e. The maximum atomic E-state index is 6.16. The van der Waals surface area contributed by atoms with Gasteiger partial charge >= 0.3 is 0 Å². The molecule has 2 heterocycles. The van der Waals surface area contributed by atoms with Crippen LogP contribution in [0.4, 0.5) is 0 Å². The van der Waals surface area contributed by atoms with Crippen LogP contribution in [0.2, 0.25) is 0 Å². The molecule has 3 unspecified atom stereocenters. The summed E-state index contributed by atoms with van der Waals surface area (Å²) in [6.07, 6.45) is 4.61. The Hall–Kier alpha value is -0.900. The van der Waals surface area contributed by atoms with Crippen molar-refractivity contribution in [1.29, 1.82) is 0 Å². The molecule has 116 valence electrons. The zero-order valence-electron chi connectivity index (χ0n) is 13.1. The second-order valence-electron chi connectivity index (χ2n) is 6.42. The van der Waals surface area contributed by atoms with Crippen molar-refractivity contribution in [1.82, 2.24) is 10.2 Å². The minimum absolute atomic E-state index is 0.433. The van der Waals surface area contributed by atoms with Crippen LogP contribution in [0.3, 0.4) is 0 Å². The molecule has 2 aliphatic heterocycles. The maximum absolute atomic E-state index is 6.16. The van der Waals surface area contributed by atoms with E-state index in [1.54, 1.807) is 0 Å². The summed E-state index contributed by atoms with van der Waals surface area (Å²) in [5, 5.41) is 3.39. The van der Waals surface area contributed by atoms with Gasteiger partial charge in [-0.05, 0) is 43.8 Å². The number of benzene rings is 1. The number of likely N-dealkylation sites (N-methyl/N-ethyl adjacent to an activating group) is 1. The number of rotatable bonds is 6. The molecule has 1 N–H and O–H groups in total. The van der Waals surface area contributed by atoms with Crippen LogP contribution < -0.4 is 5.32 Å². The van der Waals surface area contributed by atoms with E-state index in [-0.39, 0.29) is 0 Å². The van der Waals surface area contributed by atoms with E-state index in [1.807, 2.05) is 0 Å². The van der Waals surface area contributed by atoms with E-state index < -0.39 is 0 Å². The third-order valence-electron chi connectivity index (χ3n) is 4.82.